The number of piperidine rings is 1. The zero-order valence-corrected chi connectivity index (χ0v) is 12.2. The minimum absolute atomic E-state index is 0.0133. The molecule has 2 heterocycles. The number of nitrogens with one attached hydrogen (secondary N) is 1. The van der Waals surface area contributed by atoms with Crippen LogP contribution in [0, 0.1) is 5.92 Å². The molecule has 2 aliphatic heterocycles. The Labute approximate surface area is 115 Å². The number of esters is 1. The maximum absolute atomic E-state index is 12.5. The molecule has 2 bridgehead atoms. The van der Waals surface area contributed by atoms with Crippen molar-refractivity contribution in [3.8, 4) is 0 Å². The number of hydrogen-bond acceptors (Lipinski definition) is 4. The Bertz CT molecular complexity index is 340. The van der Waals surface area contributed by atoms with E-state index < -0.39 is 5.54 Å². The Kier molecular flexibility index (Phi) is 3.56. The highest BCUT2D eigenvalue weighted by molar-refractivity contribution is 5.81. The van der Waals surface area contributed by atoms with Gasteiger partial charge in [0.05, 0.1) is 6.61 Å². The molecule has 0 amide bonds. The van der Waals surface area contributed by atoms with Crippen molar-refractivity contribution in [1.29, 1.82) is 0 Å². The molecule has 0 aromatic carbocycles. The Morgan fingerprint density at radius 2 is 1.89 bits per heavy atom. The molecule has 3 aliphatic rings. The summed E-state index contributed by atoms with van der Waals surface area (Å²) in [6.07, 6.45) is 6.94. The van der Waals surface area contributed by atoms with Crippen LogP contribution in [0.2, 0.25) is 0 Å². The SMILES string of the molecule is CCOC(=O)C1(NCC2CC2)CC2CCC(C1)N2C. The number of nitrogens with zero attached hydrogens (tertiary/aromatic N) is 1. The Morgan fingerprint density at radius 3 is 2.42 bits per heavy atom. The largest absolute Gasteiger partial charge is 0.465 e. The molecular formula is C15H26N2O2. The zero-order chi connectivity index (χ0) is 13.5. The number of fused-ring (bicyclic) bond motifs is 2. The molecule has 108 valence electrons. The third-order valence-corrected chi connectivity index (χ3v) is 5.25. The summed E-state index contributed by atoms with van der Waals surface area (Å²) in [5.74, 6) is 0.782. The lowest BCUT2D eigenvalue weighted by Crippen LogP contribution is -2.62. The molecule has 0 radical (unpaired) electrons. The average Bonchev–Trinajstić information content (AvgIpc) is 3.19. The maximum Gasteiger partial charge on any atom is 0.326 e. The first-order valence-electron chi connectivity index (χ1n) is 7.79. The van der Waals surface area contributed by atoms with Crippen molar-refractivity contribution in [1.82, 2.24) is 10.2 Å². The van der Waals surface area contributed by atoms with Crippen LogP contribution in [0.3, 0.4) is 0 Å². The van der Waals surface area contributed by atoms with Gasteiger partial charge in [0.1, 0.15) is 5.54 Å². The first-order valence-corrected chi connectivity index (χ1v) is 7.79. The molecule has 0 spiro atoms. The van der Waals surface area contributed by atoms with Gasteiger partial charge in [-0.05, 0) is 65.0 Å². The van der Waals surface area contributed by atoms with Crippen LogP contribution in [0.25, 0.3) is 0 Å². The van der Waals surface area contributed by atoms with Crippen molar-refractivity contribution in [2.24, 2.45) is 5.92 Å². The number of carbonyl (C=O) groups is 1. The van der Waals surface area contributed by atoms with Gasteiger partial charge in [-0.3, -0.25) is 4.79 Å². The molecule has 2 atom stereocenters. The normalized spacial score (nSPS) is 38.4. The van der Waals surface area contributed by atoms with Crippen LogP contribution in [0.5, 0.6) is 0 Å². The lowest BCUT2D eigenvalue weighted by atomic mass is 9.82. The molecule has 0 aromatic heterocycles. The van der Waals surface area contributed by atoms with E-state index in [1.54, 1.807) is 0 Å². The molecule has 19 heavy (non-hydrogen) atoms. The number of carbonyl (C=O) groups excluding carboxylic acids is 1. The van der Waals surface area contributed by atoms with Gasteiger partial charge in [-0.2, -0.15) is 0 Å². The Morgan fingerprint density at radius 1 is 1.26 bits per heavy atom. The van der Waals surface area contributed by atoms with Gasteiger partial charge in [-0.25, -0.2) is 0 Å². The summed E-state index contributed by atoms with van der Waals surface area (Å²) in [5.41, 5.74) is -0.406. The highest BCUT2D eigenvalue weighted by atomic mass is 16.5. The van der Waals surface area contributed by atoms with E-state index in [9.17, 15) is 4.79 Å². The lowest BCUT2D eigenvalue weighted by Gasteiger charge is -2.44. The quantitative estimate of drug-likeness (QED) is 0.767. The highest BCUT2D eigenvalue weighted by Crippen LogP contribution is 2.41. The van der Waals surface area contributed by atoms with Gasteiger partial charge in [0.2, 0.25) is 0 Å². The molecule has 2 unspecified atom stereocenters. The third-order valence-electron chi connectivity index (χ3n) is 5.25. The van der Waals surface area contributed by atoms with E-state index in [1.165, 1.54) is 25.7 Å². The predicted octanol–water partition coefficient (Wildman–Crippen LogP) is 1.54. The van der Waals surface area contributed by atoms with Crippen LogP contribution in [0.4, 0.5) is 0 Å². The second-order valence-corrected chi connectivity index (χ2v) is 6.59. The second-order valence-electron chi connectivity index (χ2n) is 6.59. The van der Waals surface area contributed by atoms with E-state index >= 15 is 0 Å². The number of rotatable bonds is 5. The molecule has 4 heteroatoms. The predicted molar refractivity (Wildman–Crippen MR) is 73.9 cm³/mol. The zero-order valence-electron chi connectivity index (χ0n) is 12.2. The van der Waals surface area contributed by atoms with Gasteiger partial charge < -0.3 is 15.0 Å². The van der Waals surface area contributed by atoms with Gasteiger partial charge in [-0.1, -0.05) is 0 Å². The topological polar surface area (TPSA) is 41.6 Å². The average molecular weight is 266 g/mol. The van der Waals surface area contributed by atoms with Crippen LogP contribution in [0.1, 0.15) is 45.4 Å². The first-order chi connectivity index (χ1) is 9.14. The second kappa shape index (κ2) is 5.06. The fourth-order valence-corrected chi connectivity index (χ4v) is 3.78. The number of ether oxygens (including phenoxy) is 1. The van der Waals surface area contributed by atoms with E-state index in [0.29, 0.717) is 18.7 Å². The molecule has 0 aromatic rings. The molecule has 4 nitrogen and oxygen atoms in total. The van der Waals surface area contributed by atoms with Crippen molar-refractivity contribution in [2.75, 3.05) is 20.2 Å². The monoisotopic (exact) mass is 266 g/mol. The lowest BCUT2D eigenvalue weighted by molar-refractivity contribution is -0.154. The summed E-state index contributed by atoms with van der Waals surface area (Å²) in [6, 6.07) is 1.10. The van der Waals surface area contributed by atoms with Crippen LogP contribution >= 0.6 is 0 Å². The van der Waals surface area contributed by atoms with E-state index in [1.807, 2.05) is 6.92 Å². The van der Waals surface area contributed by atoms with Crippen LogP contribution in [-0.2, 0) is 9.53 Å². The van der Waals surface area contributed by atoms with Gasteiger partial charge in [0, 0.05) is 12.1 Å². The van der Waals surface area contributed by atoms with Crippen molar-refractivity contribution in [2.45, 2.75) is 63.1 Å². The van der Waals surface area contributed by atoms with Gasteiger partial charge in [-0.15, -0.1) is 0 Å². The Hall–Kier alpha value is -0.610. The molecule has 3 rings (SSSR count). The number of hydrogen-bond donors (Lipinski definition) is 1. The van der Waals surface area contributed by atoms with Crippen molar-refractivity contribution in [3.05, 3.63) is 0 Å². The minimum Gasteiger partial charge on any atom is -0.465 e. The molecule has 3 fully saturated rings. The molecule has 1 aliphatic carbocycles. The standard InChI is InChI=1S/C15H26N2O2/c1-3-19-14(18)15(16-10-11-4-5-11)8-12-6-7-13(9-15)17(12)2/h11-13,16H,3-10H2,1-2H3. The third kappa shape index (κ3) is 2.52. The van der Waals surface area contributed by atoms with Crippen LogP contribution < -0.4 is 5.32 Å². The highest BCUT2D eigenvalue weighted by Gasteiger charge is 2.52. The van der Waals surface area contributed by atoms with Crippen LogP contribution in [-0.4, -0.2) is 48.7 Å². The molecule has 1 saturated carbocycles. The van der Waals surface area contributed by atoms with E-state index in [4.69, 9.17) is 4.74 Å². The van der Waals surface area contributed by atoms with E-state index in [0.717, 1.165) is 25.3 Å². The Balaban J connectivity index is 1.74. The molecular weight excluding hydrogens is 240 g/mol. The summed E-state index contributed by atoms with van der Waals surface area (Å²) < 4.78 is 5.38. The summed E-state index contributed by atoms with van der Waals surface area (Å²) >= 11 is 0. The van der Waals surface area contributed by atoms with E-state index in [-0.39, 0.29) is 5.97 Å². The summed E-state index contributed by atoms with van der Waals surface area (Å²) in [6.45, 7) is 3.37. The minimum atomic E-state index is -0.406. The van der Waals surface area contributed by atoms with Crippen LogP contribution in [0.15, 0.2) is 0 Å². The van der Waals surface area contributed by atoms with Gasteiger partial charge in [0.15, 0.2) is 0 Å². The van der Waals surface area contributed by atoms with E-state index in [2.05, 4.69) is 17.3 Å². The molecule has 1 N–H and O–H groups in total. The first kappa shape index (κ1) is 13.4. The van der Waals surface area contributed by atoms with Crippen molar-refractivity contribution in [3.63, 3.8) is 0 Å². The fourth-order valence-electron chi connectivity index (χ4n) is 3.78. The maximum atomic E-state index is 12.5. The summed E-state index contributed by atoms with van der Waals surface area (Å²) in [5, 5.41) is 3.60. The summed E-state index contributed by atoms with van der Waals surface area (Å²) in [7, 11) is 2.21. The van der Waals surface area contributed by atoms with Crippen molar-refractivity contribution < 1.29 is 9.53 Å². The fraction of sp³-hybridized carbons (Fsp3) is 0.933. The van der Waals surface area contributed by atoms with Gasteiger partial charge in [0.25, 0.3) is 0 Å². The smallest absolute Gasteiger partial charge is 0.326 e. The summed E-state index contributed by atoms with van der Waals surface area (Å²) in [4.78, 5) is 14.9. The molecule has 2 saturated heterocycles. The van der Waals surface area contributed by atoms with Gasteiger partial charge >= 0.3 is 5.97 Å². The van der Waals surface area contributed by atoms with Crippen molar-refractivity contribution >= 4 is 5.97 Å².